The molecule has 0 amide bonds. The lowest BCUT2D eigenvalue weighted by Crippen LogP contribution is -2.16. The van der Waals surface area contributed by atoms with Crippen LogP contribution in [0.4, 0.5) is 10.1 Å². The number of benzene rings is 1. The average Bonchev–Trinajstić information content (AvgIpc) is 2.39. The highest BCUT2D eigenvalue weighted by Crippen LogP contribution is 2.20. The van der Waals surface area contributed by atoms with Gasteiger partial charge in [-0.15, -0.1) is 0 Å². The van der Waals surface area contributed by atoms with E-state index in [1.165, 1.54) is 12.3 Å². The summed E-state index contributed by atoms with van der Waals surface area (Å²) < 4.78 is 39.8. The molecule has 0 aliphatic heterocycles. The van der Waals surface area contributed by atoms with Crippen LogP contribution in [0, 0.1) is 5.82 Å². The Morgan fingerprint density at radius 1 is 1.15 bits per heavy atom. The average molecular weight is 294 g/mol. The highest BCUT2D eigenvalue weighted by Gasteiger charge is 2.20. The van der Waals surface area contributed by atoms with Crippen molar-refractivity contribution >= 4 is 15.7 Å². The molecule has 106 valence electrons. The van der Waals surface area contributed by atoms with Crippen molar-refractivity contribution in [1.29, 1.82) is 0 Å². The summed E-state index contributed by atoms with van der Waals surface area (Å²) in [6, 6.07) is 9.35. The summed E-state index contributed by atoms with van der Waals surface area (Å²) in [6.45, 7) is 4.09. The minimum Gasteiger partial charge on any atom is -0.278 e. The van der Waals surface area contributed by atoms with Crippen molar-refractivity contribution in [2.75, 3.05) is 4.72 Å². The smallest absolute Gasteiger partial charge is 0.278 e. The molecule has 0 spiro atoms. The largest absolute Gasteiger partial charge is 0.282 e. The van der Waals surface area contributed by atoms with Crippen LogP contribution in [0.1, 0.15) is 25.3 Å². The minimum absolute atomic E-state index is 0.355. The molecule has 4 nitrogen and oxygen atoms in total. The highest BCUT2D eigenvalue weighted by molar-refractivity contribution is 7.92. The third kappa shape index (κ3) is 3.14. The first-order valence-electron chi connectivity index (χ1n) is 6.13. The molecule has 6 heteroatoms. The summed E-state index contributed by atoms with van der Waals surface area (Å²) in [4.78, 5) is 3.57. The molecule has 1 aromatic carbocycles. The van der Waals surface area contributed by atoms with Gasteiger partial charge in [-0.2, -0.15) is 8.42 Å². The van der Waals surface area contributed by atoms with E-state index in [-0.39, 0.29) is 0 Å². The predicted octanol–water partition coefficient (Wildman–Crippen LogP) is 3.14. The van der Waals surface area contributed by atoms with Gasteiger partial charge < -0.3 is 0 Å². The molecule has 2 rings (SSSR count). The van der Waals surface area contributed by atoms with Crippen molar-refractivity contribution in [3.05, 3.63) is 54.0 Å². The molecule has 0 radical (unpaired) electrons. The van der Waals surface area contributed by atoms with E-state index >= 15 is 0 Å². The Kier molecular flexibility index (Phi) is 4.04. The van der Waals surface area contributed by atoms with Crippen LogP contribution in [-0.4, -0.2) is 13.4 Å². The normalized spacial score (nSPS) is 11.6. The van der Waals surface area contributed by atoms with Crippen LogP contribution >= 0.6 is 0 Å². The molecule has 0 atom stereocenters. The van der Waals surface area contributed by atoms with E-state index in [0.29, 0.717) is 11.6 Å². The van der Waals surface area contributed by atoms with Crippen LogP contribution in [-0.2, 0) is 10.0 Å². The van der Waals surface area contributed by atoms with Gasteiger partial charge in [0, 0.05) is 11.9 Å². The van der Waals surface area contributed by atoms with Gasteiger partial charge >= 0.3 is 0 Å². The quantitative estimate of drug-likeness (QED) is 0.942. The predicted molar refractivity (Wildman–Crippen MR) is 75.5 cm³/mol. The van der Waals surface area contributed by atoms with Crippen LogP contribution in [0.15, 0.2) is 47.6 Å². The maximum atomic E-state index is 13.5. The van der Waals surface area contributed by atoms with Gasteiger partial charge in [0.25, 0.3) is 10.0 Å². The standard InChI is InChI=1S/C14H15FN2O2S/c1-10(2)11-5-7-12(8-6-11)17-20(18,19)14-13(15)4-3-9-16-14/h3-10,17H,1-2H3. The van der Waals surface area contributed by atoms with Gasteiger partial charge in [0.1, 0.15) is 0 Å². The molecule has 1 heterocycles. The lowest BCUT2D eigenvalue weighted by molar-refractivity contribution is 0.557. The van der Waals surface area contributed by atoms with E-state index in [1.54, 1.807) is 12.1 Å². The number of anilines is 1. The van der Waals surface area contributed by atoms with Crippen LogP contribution in [0.25, 0.3) is 0 Å². The van der Waals surface area contributed by atoms with Crippen molar-refractivity contribution in [3.8, 4) is 0 Å². The molecule has 0 saturated heterocycles. The number of nitrogens with one attached hydrogen (secondary N) is 1. The van der Waals surface area contributed by atoms with Crippen molar-refractivity contribution in [3.63, 3.8) is 0 Å². The van der Waals surface area contributed by atoms with E-state index in [9.17, 15) is 12.8 Å². The molecule has 2 aromatic rings. The number of rotatable bonds is 4. The van der Waals surface area contributed by atoms with Crippen LogP contribution in [0.3, 0.4) is 0 Å². The van der Waals surface area contributed by atoms with Gasteiger partial charge in [-0.1, -0.05) is 26.0 Å². The van der Waals surface area contributed by atoms with Crippen LogP contribution in [0.2, 0.25) is 0 Å². The summed E-state index contributed by atoms with van der Waals surface area (Å²) in [5.41, 5.74) is 1.47. The second kappa shape index (κ2) is 5.58. The fourth-order valence-corrected chi connectivity index (χ4v) is 2.78. The summed E-state index contributed by atoms with van der Waals surface area (Å²) >= 11 is 0. The lowest BCUT2D eigenvalue weighted by atomic mass is 10.0. The summed E-state index contributed by atoms with van der Waals surface area (Å²) in [5, 5.41) is -0.604. The Morgan fingerprint density at radius 3 is 2.35 bits per heavy atom. The molecule has 0 bridgehead atoms. The first-order chi connectivity index (χ1) is 9.40. The van der Waals surface area contributed by atoms with Gasteiger partial charge in [-0.3, -0.25) is 4.72 Å². The first-order valence-corrected chi connectivity index (χ1v) is 7.62. The molecule has 0 aliphatic carbocycles. The van der Waals surface area contributed by atoms with Gasteiger partial charge in [0.2, 0.25) is 5.03 Å². The number of hydrogen-bond acceptors (Lipinski definition) is 3. The number of pyridine rings is 1. The van der Waals surface area contributed by atoms with E-state index in [1.807, 2.05) is 26.0 Å². The summed E-state index contributed by atoms with van der Waals surface area (Å²) in [7, 11) is -4.01. The first kappa shape index (κ1) is 14.5. The van der Waals surface area contributed by atoms with Crippen molar-refractivity contribution in [1.82, 2.24) is 4.98 Å². The zero-order valence-electron chi connectivity index (χ0n) is 11.2. The topological polar surface area (TPSA) is 59.1 Å². The fourth-order valence-electron chi connectivity index (χ4n) is 1.71. The Morgan fingerprint density at radius 2 is 1.80 bits per heavy atom. The Labute approximate surface area is 117 Å². The summed E-state index contributed by atoms with van der Waals surface area (Å²) in [6.07, 6.45) is 1.24. The minimum atomic E-state index is -4.01. The van der Waals surface area contributed by atoms with E-state index in [4.69, 9.17) is 0 Å². The number of aromatic nitrogens is 1. The number of sulfonamides is 1. The van der Waals surface area contributed by atoms with Crippen LogP contribution in [0.5, 0.6) is 0 Å². The molecular weight excluding hydrogens is 279 g/mol. The molecule has 0 unspecified atom stereocenters. The van der Waals surface area contributed by atoms with E-state index in [0.717, 1.165) is 11.6 Å². The molecule has 20 heavy (non-hydrogen) atoms. The van der Waals surface area contributed by atoms with E-state index in [2.05, 4.69) is 9.71 Å². The highest BCUT2D eigenvalue weighted by atomic mass is 32.2. The molecule has 0 saturated carbocycles. The van der Waals surface area contributed by atoms with Gasteiger partial charge in [0.05, 0.1) is 0 Å². The Bertz CT molecular complexity index is 697. The second-order valence-electron chi connectivity index (χ2n) is 4.67. The third-order valence-corrected chi connectivity index (χ3v) is 4.12. The van der Waals surface area contributed by atoms with Crippen molar-refractivity contribution in [2.24, 2.45) is 0 Å². The van der Waals surface area contributed by atoms with E-state index < -0.39 is 20.9 Å². The number of hydrogen-bond donors (Lipinski definition) is 1. The molecule has 1 N–H and O–H groups in total. The zero-order chi connectivity index (χ0) is 14.8. The van der Waals surface area contributed by atoms with Gasteiger partial charge in [-0.05, 0) is 35.7 Å². The van der Waals surface area contributed by atoms with Gasteiger partial charge in [0.15, 0.2) is 5.82 Å². The Hall–Kier alpha value is -1.95. The maximum absolute atomic E-state index is 13.5. The third-order valence-electron chi connectivity index (χ3n) is 2.81. The van der Waals surface area contributed by atoms with Gasteiger partial charge in [-0.25, -0.2) is 9.37 Å². The van der Waals surface area contributed by atoms with Crippen LogP contribution < -0.4 is 4.72 Å². The maximum Gasteiger partial charge on any atom is 0.282 e. The monoisotopic (exact) mass is 294 g/mol. The molecular formula is C14H15FN2O2S. The number of halogens is 1. The lowest BCUT2D eigenvalue weighted by Gasteiger charge is -2.10. The number of nitrogens with zero attached hydrogens (tertiary/aromatic N) is 1. The fraction of sp³-hybridized carbons (Fsp3) is 0.214. The zero-order valence-corrected chi connectivity index (χ0v) is 12.0. The van der Waals surface area contributed by atoms with Crippen molar-refractivity contribution in [2.45, 2.75) is 24.8 Å². The Balaban J connectivity index is 2.27. The molecule has 0 fully saturated rings. The van der Waals surface area contributed by atoms with Crippen molar-refractivity contribution < 1.29 is 12.8 Å². The summed E-state index contributed by atoms with van der Waals surface area (Å²) in [5.74, 6) is -0.521. The second-order valence-corrected chi connectivity index (χ2v) is 6.27. The SMILES string of the molecule is CC(C)c1ccc(NS(=O)(=O)c2ncccc2F)cc1. The molecule has 0 aliphatic rings. The molecule has 1 aromatic heterocycles.